The Balaban J connectivity index is 1.69. The minimum Gasteiger partial charge on any atom is -0.545 e. The second-order valence-electron chi connectivity index (χ2n) is 6.02. The number of carbonyl (C=O) groups is 2. The van der Waals surface area contributed by atoms with E-state index in [0.29, 0.717) is 17.3 Å². The Morgan fingerprint density at radius 1 is 1.29 bits per heavy atom. The molecule has 0 aliphatic carbocycles. The van der Waals surface area contributed by atoms with Gasteiger partial charge in [-0.1, -0.05) is 24.3 Å². The first-order chi connectivity index (χ1) is 13.5. The van der Waals surface area contributed by atoms with Gasteiger partial charge in [-0.25, -0.2) is 0 Å². The summed E-state index contributed by atoms with van der Waals surface area (Å²) in [4.78, 5) is 30.0. The number of carbonyl (C=O) groups excluding carboxylic acids is 2. The molecule has 0 unspecified atom stereocenters. The number of anilines is 1. The minimum atomic E-state index is -1.27. The number of nitrogens with one attached hydrogen (secondary N) is 1. The van der Waals surface area contributed by atoms with Crippen LogP contribution in [0.2, 0.25) is 0 Å². The number of hydrogen-bond donors (Lipinski definition) is 1. The number of amides is 1. The fourth-order valence-corrected chi connectivity index (χ4v) is 3.98. The van der Waals surface area contributed by atoms with Crippen LogP contribution in [0.25, 0.3) is 6.08 Å². The third-order valence-electron chi connectivity index (χ3n) is 4.24. The van der Waals surface area contributed by atoms with E-state index in [9.17, 15) is 14.7 Å². The van der Waals surface area contributed by atoms with Gasteiger partial charge in [-0.15, -0.1) is 0 Å². The molecule has 0 saturated carbocycles. The summed E-state index contributed by atoms with van der Waals surface area (Å²) in [5.41, 5.74) is 1.54. The van der Waals surface area contributed by atoms with Crippen LogP contribution in [0.4, 0.5) is 5.69 Å². The molecule has 0 aromatic heterocycles. The number of fused-ring (bicyclic) bond motifs is 3. The third-order valence-corrected chi connectivity index (χ3v) is 5.24. The molecule has 2 heterocycles. The zero-order valence-corrected chi connectivity index (χ0v) is 15.6. The SMILES string of the molecule is CCOc1ccc2c(c1)SC1=NC(=O)/C(=C/c3ccc(C(=O)[O-])cc3)C(=N)N12. The lowest BCUT2D eigenvalue weighted by atomic mass is 10.1. The van der Waals surface area contributed by atoms with Gasteiger partial charge in [-0.05, 0) is 54.1 Å². The Kier molecular flexibility index (Phi) is 4.48. The van der Waals surface area contributed by atoms with Crippen LogP contribution in [0.1, 0.15) is 22.8 Å². The van der Waals surface area contributed by atoms with Crippen molar-refractivity contribution in [3.05, 3.63) is 59.2 Å². The maximum absolute atomic E-state index is 12.5. The van der Waals surface area contributed by atoms with Crippen molar-refractivity contribution in [3.8, 4) is 5.75 Å². The van der Waals surface area contributed by atoms with Crippen LogP contribution in [-0.4, -0.2) is 29.5 Å². The second kappa shape index (κ2) is 6.97. The second-order valence-corrected chi connectivity index (χ2v) is 7.02. The maximum Gasteiger partial charge on any atom is 0.283 e. The van der Waals surface area contributed by atoms with Crippen molar-refractivity contribution in [2.24, 2.45) is 4.99 Å². The summed E-state index contributed by atoms with van der Waals surface area (Å²) < 4.78 is 5.51. The van der Waals surface area contributed by atoms with E-state index < -0.39 is 11.9 Å². The Bertz CT molecular complexity index is 1070. The van der Waals surface area contributed by atoms with Crippen LogP contribution < -0.4 is 14.7 Å². The van der Waals surface area contributed by atoms with E-state index >= 15 is 0 Å². The molecule has 2 aromatic carbocycles. The lowest BCUT2D eigenvalue weighted by Crippen LogP contribution is -2.39. The molecule has 0 saturated heterocycles. The van der Waals surface area contributed by atoms with Crippen molar-refractivity contribution in [1.29, 1.82) is 5.41 Å². The molecule has 1 amide bonds. The van der Waals surface area contributed by atoms with Gasteiger partial charge in [0.15, 0.2) is 5.17 Å². The number of nitrogens with zero attached hydrogens (tertiary/aromatic N) is 2. The summed E-state index contributed by atoms with van der Waals surface area (Å²) in [7, 11) is 0. The van der Waals surface area contributed by atoms with Crippen LogP contribution >= 0.6 is 11.8 Å². The smallest absolute Gasteiger partial charge is 0.283 e. The fraction of sp³-hybridized carbons (Fsp3) is 0.100. The summed E-state index contributed by atoms with van der Waals surface area (Å²) in [6.07, 6.45) is 1.53. The molecular formula is C20H14N3O4S-. The molecule has 8 heteroatoms. The van der Waals surface area contributed by atoms with Crippen LogP contribution in [0.5, 0.6) is 5.75 Å². The van der Waals surface area contributed by atoms with Gasteiger partial charge in [-0.2, -0.15) is 4.99 Å². The van der Waals surface area contributed by atoms with Gasteiger partial charge in [-0.3, -0.25) is 15.1 Å². The van der Waals surface area contributed by atoms with Crippen LogP contribution in [0.15, 0.2) is 57.9 Å². The molecule has 140 valence electrons. The molecule has 2 aliphatic heterocycles. The van der Waals surface area contributed by atoms with Crippen LogP contribution in [0.3, 0.4) is 0 Å². The van der Waals surface area contributed by atoms with Crippen molar-refractivity contribution < 1.29 is 19.4 Å². The number of carboxylic acids is 1. The topological polar surface area (TPSA) is 106 Å². The van der Waals surface area contributed by atoms with Crippen LogP contribution in [-0.2, 0) is 4.79 Å². The van der Waals surface area contributed by atoms with Gasteiger partial charge in [0, 0.05) is 4.90 Å². The number of ether oxygens (including phenoxy) is 1. The number of benzene rings is 2. The van der Waals surface area contributed by atoms with Crippen molar-refractivity contribution in [2.45, 2.75) is 11.8 Å². The Hall–Kier alpha value is -3.39. The lowest BCUT2D eigenvalue weighted by Gasteiger charge is -2.24. The van der Waals surface area contributed by atoms with E-state index in [0.717, 1.165) is 16.3 Å². The highest BCUT2D eigenvalue weighted by molar-refractivity contribution is 8.15. The highest BCUT2D eigenvalue weighted by Crippen LogP contribution is 2.44. The average molecular weight is 392 g/mol. The van der Waals surface area contributed by atoms with Crippen LogP contribution in [0, 0.1) is 5.41 Å². The molecule has 1 N–H and O–H groups in total. The first-order valence-electron chi connectivity index (χ1n) is 8.48. The first-order valence-corrected chi connectivity index (χ1v) is 9.29. The Labute approximate surface area is 164 Å². The largest absolute Gasteiger partial charge is 0.545 e. The standard InChI is InChI=1S/C20H15N3O4S/c1-2-27-13-7-8-15-16(10-13)28-20-22-18(24)14(17(21)23(15)20)9-11-3-5-12(6-4-11)19(25)26/h3-10,21H,2H2,1H3,(H,25,26)/p-1/b14-9+,21-17?. The number of amidine groups is 2. The quantitative estimate of drug-likeness (QED) is 0.801. The predicted molar refractivity (Wildman–Crippen MR) is 105 cm³/mol. The van der Waals surface area contributed by atoms with Crippen molar-refractivity contribution >= 4 is 46.4 Å². The number of hydrogen-bond acceptors (Lipinski definition) is 6. The van der Waals surface area contributed by atoms with E-state index in [1.165, 1.54) is 30.0 Å². The number of aromatic carboxylic acids is 1. The monoisotopic (exact) mass is 392 g/mol. The zero-order chi connectivity index (χ0) is 19.8. The predicted octanol–water partition coefficient (Wildman–Crippen LogP) is 2.32. The molecule has 7 nitrogen and oxygen atoms in total. The molecular weight excluding hydrogens is 378 g/mol. The summed E-state index contributed by atoms with van der Waals surface area (Å²) >= 11 is 1.32. The molecule has 2 aliphatic rings. The van der Waals surface area contributed by atoms with E-state index in [-0.39, 0.29) is 17.0 Å². The number of rotatable bonds is 4. The molecule has 0 radical (unpaired) electrons. The third kappa shape index (κ3) is 3.07. The first kappa shape index (κ1) is 18.0. The molecule has 2 aromatic rings. The molecule has 0 bridgehead atoms. The number of thioether (sulfide) groups is 1. The number of aliphatic imine (C=N–C) groups is 1. The van der Waals surface area contributed by atoms with E-state index in [1.54, 1.807) is 17.0 Å². The van der Waals surface area contributed by atoms with Gasteiger partial charge in [0.25, 0.3) is 5.91 Å². The number of carboxylic acid groups (broad SMARTS) is 1. The zero-order valence-electron chi connectivity index (χ0n) is 14.8. The Morgan fingerprint density at radius 3 is 2.71 bits per heavy atom. The normalized spacial score (nSPS) is 16.7. The Morgan fingerprint density at radius 2 is 2.04 bits per heavy atom. The molecule has 0 spiro atoms. The van der Waals surface area contributed by atoms with Gasteiger partial charge in [0.1, 0.15) is 11.6 Å². The summed E-state index contributed by atoms with van der Waals surface area (Å²) in [5, 5.41) is 19.8. The summed E-state index contributed by atoms with van der Waals surface area (Å²) in [6.45, 7) is 2.45. The lowest BCUT2D eigenvalue weighted by molar-refractivity contribution is -0.255. The van der Waals surface area contributed by atoms with Gasteiger partial charge in [0.05, 0.1) is 23.8 Å². The maximum atomic E-state index is 12.5. The van der Waals surface area contributed by atoms with E-state index in [4.69, 9.17) is 10.1 Å². The van der Waals surface area contributed by atoms with Crippen molar-refractivity contribution in [1.82, 2.24) is 0 Å². The van der Waals surface area contributed by atoms with E-state index in [2.05, 4.69) is 4.99 Å². The highest BCUT2D eigenvalue weighted by atomic mass is 32.2. The summed E-state index contributed by atoms with van der Waals surface area (Å²) in [5.74, 6) is -1.04. The molecule has 4 rings (SSSR count). The molecule has 28 heavy (non-hydrogen) atoms. The minimum absolute atomic E-state index is 0.0226. The molecule has 0 fully saturated rings. The van der Waals surface area contributed by atoms with Gasteiger partial charge in [0.2, 0.25) is 0 Å². The highest BCUT2D eigenvalue weighted by Gasteiger charge is 2.37. The average Bonchev–Trinajstić information content (AvgIpc) is 3.03. The molecule has 0 atom stereocenters. The summed E-state index contributed by atoms with van der Waals surface area (Å²) in [6, 6.07) is 11.4. The fourth-order valence-electron chi connectivity index (χ4n) is 2.93. The van der Waals surface area contributed by atoms with Gasteiger partial charge < -0.3 is 14.6 Å². The van der Waals surface area contributed by atoms with Crippen molar-refractivity contribution in [3.63, 3.8) is 0 Å². The van der Waals surface area contributed by atoms with Crippen molar-refractivity contribution in [2.75, 3.05) is 11.5 Å². The van der Waals surface area contributed by atoms with E-state index in [1.807, 2.05) is 25.1 Å². The van der Waals surface area contributed by atoms with Gasteiger partial charge >= 0.3 is 0 Å².